The van der Waals surface area contributed by atoms with E-state index in [9.17, 15) is 4.79 Å². The van der Waals surface area contributed by atoms with Crippen LogP contribution in [0.25, 0.3) is 10.1 Å². The third-order valence-electron chi connectivity index (χ3n) is 4.58. The summed E-state index contributed by atoms with van der Waals surface area (Å²) in [7, 11) is 0. The monoisotopic (exact) mass is 327 g/mol. The zero-order valence-corrected chi connectivity index (χ0v) is 14.3. The molecule has 0 N–H and O–H groups in total. The number of fused-ring (bicyclic) bond motifs is 2. The van der Waals surface area contributed by atoms with Crippen molar-refractivity contribution in [3.63, 3.8) is 0 Å². The van der Waals surface area contributed by atoms with E-state index in [1.165, 1.54) is 20.5 Å². The zero-order chi connectivity index (χ0) is 15.3. The van der Waals surface area contributed by atoms with Crippen LogP contribution in [0.1, 0.15) is 38.6 Å². The quantitative estimate of drug-likeness (QED) is 0.614. The lowest BCUT2D eigenvalue weighted by Gasteiger charge is -2.33. The number of carbonyl (C=O) groups excluding carboxylic acids is 1. The van der Waals surface area contributed by atoms with Crippen LogP contribution in [-0.2, 0) is 6.42 Å². The lowest BCUT2D eigenvalue weighted by atomic mass is 10.0. The molecule has 0 fully saturated rings. The van der Waals surface area contributed by atoms with Crippen molar-refractivity contribution < 1.29 is 4.79 Å². The lowest BCUT2D eigenvalue weighted by molar-refractivity contribution is 0.0684. The van der Waals surface area contributed by atoms with Gasteiger partial charge in [-0.3, -0.25) is 4.79 Å². The Labute approximate surface area is 138 Å². The first-order valence-electron chi connectivity index (χ1n) is 7.52. The molecule has 0 aliphatic carbocycles. The number of benzene rings is 1. The number of thiophene rings is 2. The Balaban J connectivity index is 1.74. The highest BCUT2D eigenvalue weighted by Crippen LogP contribution is 2.37. The Hall–Kier alpha value is -1.65. The van der Waals surface area contributed by atoms with Gasteiger partial charge in [-0.15, -0.1) is 22.7 Å². The number of rotatable bonds is 1. The van der Waals surface area contributed by atoms with Crippen molar-refractivity contribution in [1.29, 1.82) is 0 Å². The predicted molar refractivity (Wildman–Crippen MR) is 94.0 cm³/mol. The fourth-order valence-electron chi connectivity index (χ4n) is 3.30. The molecule has 1 unspecified atom stereocenters. The summed E-state index contributed by atoms with van der Waals surface area (Å²) in [6.45, 7) is 5.03. The van der Waals surface area contributed by atoms with Gasteiger partial charge in [0.1, 0.15) is 0 Å². The van der Waals surface area contributed by atoms with Crippen molar-refractivity contribution in [2.75, 3.05) is 6.54 Å². The van der Waals surface area contributed by atoms with Crippen molar-refractivity contribution in [2.45, 2.75) is 26.3 Å². The maximum absolute atomic E-state index is 13.1. The van der Waals surface area contributed by atoms with Gasteiger partial charge in [-0.05, 0) is 54.3 Å². The van der Waals surface area contributed by atoms with E-state index in [-0.39, 0.29) is 11.9 Å². The summed E-state index contributed by atoms with van der Waals surface area (Å²) >= 11 is 3.43. The molecule has 0 saturated carbocycles. The molecule has 1 aliphatic rings. The van der Waals surface area contributed by atoms with Gasteiger partial charge in [-0.2, -0.15) is 0 Å². The molecule has 4 heteroatoms. The molecule has 1 aliphatic heterocycles. The molecule has 3 aromatic rings. The van der Waals surface area contributed by atoms with E-state index in [0.717, 1.165) is 23.4 Å². The van der Waals surface area contributed by atoms with Gasteiger partial charge < -0.3 is 4.90 Å². The minimum absolute atomic E-state index is 0.173. The third kappa shape index (κ3) is 2.02. The smallest absolute Gasteiger partial charge is 0.264 e. The van der Waals surface area contributed by atoms with Gasteiger partial charge in [-0.25, -0.2) is 0 Å². The fourth-order valence-corrected chi connectivity index (χ4v) is 5.42. The summed E-state index contributed by atoms with van der Waals surface area (Å²) in [5.41, 5.74) is 2.44. The van der Waals surface area contributed by atoms with Gasteiger partial charge in [-0.1, -0.05) is 18.2 Å². The van der Waals surface area contributed by atoms with Crippen LogP contribution in [0.5, 0.6) is 0 Å². The van der Waals surface area contributed by atoms with Crippen molar-refractivity contribution in [3.05, 3.63) is 56.6 Å². The van der Waals surface area contributed by atoms with Crippen LogP contribution in [0.2, 0.25) is 0 Å². The van der Waals surface area contributed by atoms with E-state index in [1.807, 2.05) is 28.4 Å². The van der Waals surface area contributed by atoms with Gasteiger partial charge in [0, 0.05) is 16.1 Å². The van der Waals surface area contributed by atoms with Crippen LogP contribution in [0.3, 0.4) is 0 Å². The molecule has 2 aromatic heterocycles. The van der Waals surface area contributed by atoms with Crippen LogP contribution in [0.4, 0.5) is 0 Å². The number of aryl methyl sites for hydroxylation is 1. The van der Waals surface area contributed by atoms with Crippen molar-refractivity contribution >= 4 is 38.7 Å². The largest absolute Gasteiger partial charge is 0.331 e. The molecule has 1 amide bonds. The summed E-state index contributed by atoms with van der Waals surface area (Å²) < 4.78 is 1.20. The topological polar surface area (TPSA) is 20.3 Å². The minimum Gasteiger partial charge on any atom is -0.331 e. The summed E-state index contributed by atoms with van der Waals surface area (Å²) in [5.74, 6) is 0.183. The Kier molecular flexibility index (Phi) is 3.31. The summed E-state index contributed by atoms with van der Waals surface area (Å²) in [6.07, 6.45) is 0.979. The van der Waals surface area contributed by atoms with Gasteiger partial charge in [0.2, 0.25) is 0 Å². The lowest BCUT2D eigenvalue weighted by Crippen LogP contribution is -2.38. The van der Waals surface area contributed by atoms with Crippen LogP contribution < -0.4 is 0 Å². The van der Waals surface area contributed by atoms with Crippen molar-refractivity contribution in [1.82, 2.24) is 4.90 Å². The van der Waals surface area contributed by atoms with Gasteiger partial charge >= 0.3 is 0 Å². The zero-order valence-electron chi connectivity index (χ0n) is 12.6. The second-order valence-corrected chi connectivity index (χ2v) is 7.83. The average Bonchev–Trinajstić information content (AvgIpc) is 3.13. The van der Waals surface area contributed by atoms with E-state index >= 15 is 0 Å². The first-order valence-corrected chi connectivity index (χ1v) is 9.22. The first-order chi connectivity index (χ1) is 10.7. The second kappa shape index (κ2) is 5.21. The number of amides is 1. The number of hydrogen-bond donors (Lipinski definition) is 0. The molecule has 0 radical (unpaired) electrons. The van der Waals surface area contributed by atoms with Crippen LogP contribution in [0.15, 0.2) is 35.7 Å². The Morgan fingerprint density at radius 1 is 1.27 bits per heavy atom. The molecule has 1 aromatic carbocycles. The molecule has 0 spiro atoms. The highest BCUT2D eigenvalue weighted by Gasteiger charge is 2.30. The number of carbonyl (C=O) groups is 1. The molecule has 3 heterocycles. The SMILES string of the molecule is Cc1c(C(=O)N2CCc3sccc3C2C)sc2ccccc12. The summed E-state index contributed by atoms with van der Waals surface area (Å²) in [6, 6.07) is 10.6. The molecule has 2 nitrogen and oxygen atoms in total. The average molecular weight is 327 g/mol. The molecule has 0 saturated heterocycles. The highest BCUT2D eigenvalue weighted by molar-refractivity contribution is 7.21. The Morgan fingerprint density at radius 2 is 2.09 bits per heavy atom. The summed E-state index contributed by atoms with van der Waals surface area (Å²) in [4.78, 5) is 17.4. The molecular weight excluding hydrogens is 310 g/mol. The molecule has 112 valence electrons. The standard InChI is InChI=1S/C18H17NOS2/c1-11-13-5-3-4-6-16(13)22-17(11)18(20)19-9-7-15-14(12(19)2)8-10-21-15/h3-6,8,10,12H,7,9H2,1-2H3. The van der Waals surface area contributed by atoms with E-state index < -0.39 is 0 Å². The van der Waals surface area contributed by atoms with E-state index in [1.54, 1.807) is 11.3 Å². The predicted octanol–water partition coefficient (Wildman–Crippen LogP) is 5.03. The number of hydrogen-bond acceptors (Lipinski definition) is 3. The van der Waals surface area contributed by atoms with Crippen LogP contribution in [0, 0.1) is 6.92 Å². The van der Waals surface area contributed by atoms with Gasteiger partial charge in [0.05, 0.1) is 10.9 Å². The first kappa shape index (κ1) is 14.0. The van der Waals surface area contributed by atoms with E-state index in [0.29, 0.717) is 0 Å². The van der Waals surface area contributed by atoms with Crippen LogP contribution >= 0.6 is 22.7 Å². The molecule has 4 rings (SSSR count). The minimum atomic E-state index is 0.173. The van der Waals surface area contributed by atoms with Gasteiger partial charge in [0.25, 0.3) is 5.91 Å². The third-order valence-corrected chi connectivity index (χ3v) is 6.83. The normalized spacial score (nSPS) is 17.7. The maximum Gasteiger partial charge on any atom is 0.264 e. The second-order valence-electron chi connectivity index (χ2n) is 5.78. The van der Waals surface area contributed by atoms with Crippen LogP contribution in [-0.4, -0.2) is 17.4 Å². The maximum atomic E-state index is 13.1. The Bertz CT molecular complexity index is 861. The van der Waals surface area contributed by atoms with E-state index in [2.05, 4.69) is 37.4 Å². The molecular formula is C18H17NOS2. The molecule has 1 atom stereocenters. The van der Waals surface area contributed by atoms with Gasteiger partial charge in [0.15, 0.2) is 0 Å². The Morgan fingerprint density at radius 3 is 2.91 bits per heavy atom. The molecule has 22 heavy (non-hydrogen) atoms. The highest BCUT2D eigenvalue weighted by atomic mass is 32.1. The fraction of sp³-hybridized carbons (Fsp3) is 0.278. The van der Waals surface area contributed by atoms with Crippen molar-refractivity contribution in [2.24, 2.45) is 0 Å². The summed E-state index contributed by atoms with van der Waals surface area (Å²) in [5, 5.41) is 3.34. The van der Waals surface area contributed by atoms with Crippen molar-refractivity contribution in [3.8, 4) is 0 Å². The van der Waals surface area contributed by atoms with E-state index in [4.69, 9.17) is 0 Å². The number of nitrogens with zero attached hydrogens (tertiary/aromatic N) is 1. The molecule has 0 bridgehead atoms.